The fraction of sp³-hybridized carbons (Fsp3) is 0.875. The molecule has 64 valence electrons. The van der Waals surface area contributed by atoms with Gasteiger partial charge in [0.25, 0.3) is 0 Å². The Hall–Kier alpha value is -0.570. The number of hydrogen-bond donors (Lipinski definition) is 0. The van der Waals surface area contributed by atoms with Crippen LogP contribution < -0.4 is 0 Å². The van der Waals surface area contributed by atoms with Crippen LogP contribution in [0.25, 0.3) is 0 Å². The maximum absolute atomic E-state index is 10.8. The molecule has 1 saturated heterocycles. The molecule has 0 aromatic heterocycles. The average molecular weight is 158 g/mol. The average Bonchev–Trinajstić information content (AvgIpc) is 1.85. The van der Waals surface area contributed by atoms with Crippen LogP contribution in [-0.4, -0.2) is 25.8 Å². The standard InChI is InChI=1S/C8H14O3/c1-2-3-8(9)11-6-7-4-10-5-7/h7H,2-6H2,1H3. The minimum Gasteiger partial charge on any atom is -0.465 e. The molecule has 0 radical (unpaired) electrons. The summed E-state index contributed by atoms with van der Waals surface area (Å²) in [5.41, 5.74) is 0. The number of esters is 1. The Balaban J connectivity index is 1.96. The summed E-state index contributed by atoms with van der Waals surface area (Å²) in [5, 5.41) is 0. The molecule has 0 aromatic rings. The van der Waals surface area contributed by atoms with E-state index in [-0.39, 0.29) is 5.97 Å². The van der Waals surface area contributed by atoms with Crippen LogP contribution in [0.15, 0.2) is 0 Å². The van der Waals surface area contributed by atoms with Crippen molar-refractivity contribution in [2.45, 2.75) is 19.8 Å². The molecular formula is C8H14O3. The zero-order chi connectivity index (χ0) is 8.10. The first kappa shape index (κ1) is 8.53. The van der Waals surface area contributed by atoms with Crippen molar-refractivity contribution in [1.29, 1.82) is 0 Å². The van der Waals surface area contributed by atoms with Crippen LogP contribution in [0, 0.1) is 5.92 Å². The molecule has 0 saturated carbocycles. The van der Waals surface area contributed by atoms with Gasteiger partial charge in [-0.25, -0.2) is 0 Å². The van der Waals surface area contributed by atoms with E-state index in [0.717, 1.165) is 19.6 Å². The van der Waals surface area contributed by atoms with E-state index in [9.17, 15) is 4.79 Å². The molecule has 11 heavy (non-hydrogen) atoms. The first-order valence-corrected chi connectivity index (χ1v) is 4.06. The van der Waals surface area contributed by atoms with E-state index in [4.69, 9.17) is 9.47 Å². The quantitative estimate of drug-likeness (QED) is 0.572. The van der Waals surface area contributed by atoms with E-state index in [1.165, 1.54) is 0 Å². The molecule has 0 bridgehead atoms. The highest BCUT2D eigenvalue weighted by Crippen LogP contribution is 2.10. The van der Waals surface area contributed by atoms with Gasteiger partial charge in [-0.3, -0.25) is 4.79 Å². The van der Waals surface area contributed by atoms with E-state index >= 15 is 0 Å². The van der Waals surface area contributed by atoms with Gasteiger partial charge < -0.3 is 9.47 Å². The summed E-state index contributed by atoms with van der Waals surface area (Å²) in [6, 6.07) is 0. The highest BCUT2D eigenvalue weighted by molar-refractivity contribution is 5.69. The first-order valence-electron chi connectivity index (χ1n) is 4.06. The summed E-state index contributed by atoms with van der Waals surface area (Å²) in [4.78, 5) is 10.8. The molecular weight excluding hydrogens is 144 g/mol. The van der Waals surface area contributed by atoms with E-state index in [1.807, 2.05) is 6.92 Å². The van der Waals surface area contributed by atoms with Gasteiger partial charge in [-0.05, 0) is 6.42 Å². The summed E-state index contributed by atoms with van der Waals surface area (Å²) in [6.07, 6.45) is 1.40. The van der Waals surface area contributed by atoms with Gasteiger partial charge in [-0.15, -0.1) is 0 Å². The predicted molar refractivity (Wildman–Crippen MR) is 40.2 cm³/mol. The van der Waals surface area contributed by atoms with Crippen LogP contribution in [-0.2, 0) is 14.3 Å². The normalized spacial score (nSPS) is 17.5. The van der Waals surface area contributed by atoms with Gasteiger partial charge in [0.05, 0.1) is 19.8 Å². The smallest absolute Gasteiger partial charge is 0.305 e. The van der Waals surface area contributed by atoms with Crippen LogP contribution in [0.1, 0.15) is 19.8 Å². The van der Waals surface area contributed by atoms with Gasteiger partial charge >= 0.3 is 5.97 Å². The number of carbonyl (C=O) groups is 1. The minimum absolute atomic E-state index is 0.0839. The van der Waals surface area contributed by atoms with Crippen molar-refractivity contribution in [3.8, 4) is 0 Å². The molecule has 1 fully saturated rings. The largest absolute Gasteiger partial charge is 0.465 e. The Morgan fingerprint density at radius 2 is 2.36 bits per heavy atom. The molecule has 0 unspecified atom stereocenters. The molecule has 3 heteroatoms. The molecule has 1 aliphatic rings. The van der Waals surface area contributed by atoms with E-state index in [1.54, 1.807) is 0 Å². The molecule has 0 amide bonds. The monoisotopic (exact) mass is 158 g/mol. The second kappa shape index (κ2) is 4.34. The van der Waals surface area contributed by atoms with E-state index in [2.05, 4.69) is 0 Å². The van der Waals surface area contributed by atoms with Crippen LogP contribution in [0.4, 0.5) is 0 Å². The molecule has 0 N–H and O–H groups in total. The Morgan fingerprint density at radius 3 is 2.82 bits per heavy atom. The maximum Gasteiger partial charge on any atom is 0.305 e. The van der Waals surface area contributed by atoms with Gasteiger partial charge in [-0.1, -0.05) is 6.92 Å². The molecule has 0 atom stereocenters. The van der Waals surface area contributed by atoms with Crippen LogP contribution in [0.2, 0.25) is 0 Å². The zero-order valence-corrected chi connectivity index (χ0v) is 6.84. The topological polar surface area (TPSA) is 35.5 Å². The van der Waals surface area contributed by atoms with Crippen molar-refractivity contribution in [3.05, 3.63) is 0 Å². The molecule has 0 spiro atoms. The van der Waals surface area contributed by atoms with Crippen molar-refractivity contribution in [2.75, 3.05) is 19.8 Å². The lowest BCUT2D eigenvalue weighted by molar-refractivity contribution is -0.150. The molecule has 1 aliphatic heterocycles. The lowest BCUT2D eigenvalue weighted by Gasteiger charge is -2.25. The van der Waals surface area contributed by atoms with Crippen LogP contribution in [0.3, 0.4) is 0 Å². The third-order valence-electron chi connectivity index (χ3n) is 1.64. The second-order valence-corrected chi connectivity index (χ2v) is 2.84. The van der Waals surface area contributed by atoms with Crippen molar-refractivity contribution < 1.29 is 14.3 Å². The highest BCUT2D eigenvalue weighted by atomic mass is 16.5. The first-order chi connectivity index (χ1) is 5.33. The van der Waals surface area contributed by atoms with Crippen LogP contribution in [0.5, 0.6) is 0 Å². The Morgan fingerprint density at radius 1 is 1.64 bits per heavy atom. The fourth-order valence-electron chi connectivity index (χ4n) is 0.868. The summed E-state index contributed by atoms with van der Waals surface area (Å²) in [6.45, 7) is 4.01. The van der Waals surface area contributed by atoms with Gasteiger partial charge in [0.2, 0.25) is 0 Å². The molecule has 1 rings (SSSR count). The molecule has 1 heterocycles. The minimum atomic E-state index is -0.0839. The number of ether oxygens (including phenoxy) is 2. The number of carbonyl (C=O) groups excluding carboxylic acids is 1. The number of rotatable bonds is 4. The van der Waals surface area contributed by atoms with Crippen molar-refractivity contribution in [3.63, 3.8) is 0 Å². The van der Waals surface area contributed by atoms with Crippen molar-refractivity contribution in [1.82, 2.24) is 0 Å². The lowest BCUT2D eigenvalue weighted by atomic mass is 10.1. The molecule has 0 aromatic carbocycles. The summed E-state index contributed by atoms with van der Waals surface area (Å²) in [7, 11) is 0. The second-order valence-electron chi connectivity index (χ2n) is 2.84. The zero-order valence-electron chi connectivity index (χ0n) is 6.84. The van der Waals surface area contributed by atoms with Crippen molar-refractivity contribution in [2.24, 2.45) is 5.92 Å². The highest BCUT2D eigenvalue weighted by Gasteiger charge is 2.19. The van der Waals surface area contributed by atoms with E-state index < -0.39 is 0 Å². The predicted octanol–water partition coefficient (Wildman–Crippen LogP) is 0.976. The third kappa shape index (κ3) is 2.89. The van der Waals surface area contributed by atoms with Gasteiger partial charge in [-0.2, -0.15) is 0 Å². The SMILES string of the molecule is CCCC(=O)OCC1COC1. The van der Waals surface area contributed by atoms with Gasteiger partial charge in [0.1, 0.15) is 0 Å². The van der Waals surface area contributed by atoms with E-state index in [0.29, 0.717) is 18.9 Å². The van der Waals surface area contributed by atoms with Crippen molar-refractivity contribution >= 4 is 5.97 Å². The summed E-state index contributed by atoms with van der Waals surface area (Å²) >= 11 is 0. The Labute approximate surface area is 66.7 Å². The summed E-state index contributed by atoms with van der Waals surface area (Å²) < 4.78 is 9.90. The molecule has 0 aliphatic carbocycles. The third-order valence-corrected chi connectivity index (χ3v) is 1.64. The van der Waals surface area contributed by atoms with Gasteiger partial charge in [0.15, 0.2) is 0 Å². The number of hydrogen-bond acceptors (Lipinski definition) is 3. The Bertz CT molecular complexity index is 129. The maximum atomic E-state index is 10.8. The Kier molecular flexibility index (Phi) is 3.36. The summed E-state index contributed by atoms with van der Waals surface area (Å²) in [5.74, 6) is 0.371. The van der Waals surface area contributed by atoms with Crippen LogP contribution >= 0.6 is 0 Å². The van der Waals surface area contributed by atoms with Gasteiger partial charge in [0, 0.05) is 12.3 Å². The fourth-order valence-corrected chi connectivity index (χ4v) is 0.868. The lowest BCUT2D eigenvalue weighted by Crippen LogP contribution is -2.32. The molecule has 3 nitrogen and oxygen atoms in total.